The molecule has 0 aliphatic carbocycles. The van der Waals surface area contributed by atoms with Crippen LogP contribution in [0.1, 0.15) is 10.7 Å². The van der Waals surface area contributed by atoms with Gasteiger partial charge in [0.05, 0.1) is 10.7 Å². The molecule has 3 aromatic heterocycles. The van der Waals surface area contributed by atoms with E-state index in [4.69, 9.17) is 0 Å². The molecule has 86 valence electrons. The summed E-state index contributed by atoms with van der Waals surface area (Å²) in [6, 6.07) is 5.89. The number of fused-ring (bicyclic) bond motifs is 1. The first kappa shape index (κ1) is 10.7. The molecule has 0 bridgehead atoms. The van der Waals surface area contributed by atoms with Crippen LogP contribution < -0.4 is 0 Å². The maximum absolute atomic E-state index is 4.43. The molecular formula is C11H10N4S2. The maximum atomic E-state index is 4.43. The third kappa shape index (κ3) is 2.18. The van der Waals surface area contributed by atoms with Crippen molar-refractivity contribution < 1.29 is 0 Å². The van der Waals surface area contributed by atoms with Gasteiger partial charge in [-0.25, -0.2) is 4.98 Å². The van der Waals surface area contributed by atoms with Gasteiger partial charge in [-0.2, -0.15) is 0 Å². The van der Waals surface area contributed by atoms with E-state index in [1.165, 1.54) is 0 Å². The number of hydrogen-bond donors (Lipinski definition) is 0. The lowest BCUT2D eigenvalue weighted by Gasteiger charge is -1.97. The first-order valence-electron chi connectivity index (χ1n) is 5.16. The third-order valence-corrected chi connectivity index (χ3v) is 4.10. The third-order valence-electron chi connectivity index (χ3n) is 2.30. The lowest BCUT2D eigenvalue weighted by molar-refractivity contribution is 0.920. The minimum absolute atomic E-state index is 0.833. The lowest BCUT2D eigenvalue weighted by atomic mass is 10.5. The van der Waals surface area contributed by atoms with Crippen molar-refractivity contribution in [2.45, 2.75) is 17.8 Å². The van der Waals surface area contributed by atoms with Gasteiger partial charge >= 0.3 is 0 Å². The molecule has 0 aliphatic heterocycles. The molecule has 0 unspecified atom stereocenters. The van der Waals surface area contributed by atoms with Crippen LogP contribution in [-0.4, -0.2) is 19.6 Å². The summed E-state index contributed by atoms with van der Waals surface area (Å²) in [5.74, 6) is 0.833. The van der Waals surface area contributed by atoms with Crippen molar-refractivity contribution in [3.63, 3.8) is 0 Å². The van der Waals surface area contributed by atoms with Gasteiger partial charge in [-0.05, 0) is 19.1 Å². The smallest absolute Gasteiger partial charge is 0.195 e. The van der Waals surface area contributed by atoms with E-state index in [-0.39, 0.29) is 0 Å². The zero-order valence-electron chi connectivity index (χ0n) is 9.20. The first-order valence-corrected chi connectivity index (χ1v) is 7.03. The average Bonchev–Trinajstić information content (AvgIpc) is 2.93. The summed E-state index contributed by atoms with van der Waals surface area (Å²) in [7, 11) is 0. The Labute approximate surface area is 107 Å². The molecule has 3 heterocycles. The predicted octanol–water partition coefficient (Wildman–Crippen LogP) is 2.79. The van der Waals surface area contributed by atoms with Crippen molar-refractivity contribution in [1.29, 1.82) is 0 Å². The number of thiazole rings is 1. The number of rotatable bonds is 3. The minimum Gasteiger partial charge on any atom is -0.277 e. The minimum atomic E-state index is 0.833. The van der Waals surface area contributed by atoms with Gasteiger partial charge in [0.25, 0.3) is 0 Å². The highest BCUT2D eigenvalue weighted by Gasteiger charge is 2.06. The Morgan fingerprint density at radius 2 is 2.29 bits per heavy atom. The van der Waals surface area contributed by atoms with Crippen molar-refractivity contribution in [1.82, 2.24) is 19.6 Å². The Bertz CT molecular complexity index is 644. The van der Waals surface area contributed by atoms with Crippen LogP contribution in [0.4, 0.5) is 0 Å². The fourth-order valence-electron chi connectivity index (χ4n) is 1.53. The largest absolute Gasteiger partial charge is 0.277 e. The fraction of sp³-hybridized carbons (Fsp3) is 0.182. The summed E-state index contributed by atoms with van der Waals surface area (Å²) in [5.41, 5.74) is 1.98. The molecule has 0 amide bonds. The number of thioether (sulfide) groups is 1. The van der Waals surface area contributed by atoms with Gasteiger partial charge in [0.2, 0.25) is 0 Å². The number of pyridine rings is 1. The van der Waals surface area contributed by atoms with Crippen LogP contribution >= 0.6 is 23.1 Å². The normalized spacial score (nSPS) is 11.1. The van der Waals surface area contributed by atoms with Crippen molar-refractivity contribution in [3.05, 3.63) is 40.5 Å². The summed E-state index contributed by atoms with van der Waals surface area (Å²) in [6.07, 6.45) is 1.98. The fourth-order valence-corrected chi connectivity index (χ4v) is 3.07. The van der Waals surface area contributed by atoms with Gasteiger partial charge in [-0.1, -0.05) is 17.8 Å². The highest BCUT2D eigenvalue weighted by molar-refractivity contribution is 7.98. The van der Waals surface area contributed by atoms with E-state index < -0.39 is 0 Å². The maximum Gasteiger partial charge on any atom is 0.195 e. The van der Waals surface area contributed by atoms with Crippen LogP contribution in [0.15, 0.2) is 34.9 Å². The topological polar surface area (TPSA) is 43.1 Å². The summed E-state index contributed by atoms with van der Waals surface area (Å²) < 4.78 is 1.99. The molecule has 0 N–H and O–H groups in total. The van der Waals surface area contributed by atoms with Crippen molar-refractivity contribution in [2.24, 2.45) is 0 Å². The van der Waals surface area contributed by atoms with E-state index in [1.807, 2.05) is 35.7 Å². The molecule has 4 nitrogen and oxygen atoms in total. The average molecular weight is 262 g/mol. The van der Waals surface area contributed by atoms with Crippen LogP contribution in [0, 0.1) is 6.92 Å². The molecule has 0 spiro atoms. The molecular weight excluding hydrogens is 252 g/mol. The van der Waals surface area contributed by atoms with Gasteiger partial charge in [-0.15, -0.1) is 21.5 Å². The van der Waals surface area contributed by atoms with Crippen LogP contribution in [-0.2, 0) is 5.75 Å². The Balaban J connectivity index is 1.81. The van der Waals surface area contributed by atoms with Crippen LogP contribution in [0.2, 0.25) is 0 Å². The Morgan fingerprint density at radius 3 is 3.12 bits per heavy atom. The van der Waals surface area contributed by atoms with E-state index in [0.29, 0.717) is 0 Å². The molecule has 0 aliphatic rings. The molecule has 0 radical (unpaired) electrons. The summed E-state index contributed by atoms with van der Waals surface area (Å²) in [5, 5.41) is 12.4. The van der Waals surface area contributed by atoms with Crippen molar-refractivity contribution >= 4 is 28.7 Å². The molecule has 3 aromatic rings. The van der Waals surface area contributed by atoms with Gasteiger partial charge < -0.3 is 0 Å². The second-order valence-electron chi connectivity index (χ2n) is 3.56. The van der Waals surface area contributed by atoms with Crippen molar-refractivity contribution in [3.8, 4) is 0 Å². The van der Waals surface area contributed by atoms with E-state index in [9.17, 15) is 0 Å². The summed E-state index contributed by atoms with van der Waals surface area (Å²) >= 11 is 3.33. The zero-order valence-corrected chi connectivity index (χ0v) is 10.8. The van der Waals surface area contributed by atoms with E-state index in [0.717, 1.165) is 27.3 Å². The second kappa shape index (κ2) is 4.46. The number of nitrogens with zero attached hydrogens (tertiary/aromatic N) is 4. The Morgan fingerprint density at radius 1 is 1.35 bits per heavy atom. The number of aryl methyl sites for hydroxylation is 1. The van der Waals surface area contributed by atoms with Gasteiger partial charge in [-0.3, -0.25) is 4.40 Å². The lowest BCUT2D eigenvalue weighted by Crippen LogP contribution is -1.87. The molecule has 0 aromatic carbocycles. The molecule has 0 saturated heterocycles. The standard InChI is InChI=1S/C11H10N4S2/c1-8-12-9(6-16-8)7-17-11-14-13-10-4-2-3-5-15(10)11/h2-6H,7H2,1H3. The highest BCUT2D eigenvalue weighted by Crippen LogP contribution is 2.22. The summed E-state index contributed by atoms with van der Waals surface area (Å²) in [4.78, 5) is 4.43. The summed E-state index contributed by atoms with van der Waals surface area (Å²) in [6.45, 7) is 2.02. The molecule has 0 atom stereocenters. The molecule has 0 fully saturated rings. The molecule has 3 rings (SSSR count). The Kier molecular flexibility index (Phi) is 2.82. The molecule has 17 heavy (non-hydrogen) atoms. The number of hydrogen-bond acceptors (Lipinski definition) is 5. The first-order chi connectivity index (χ1) is 8.33. The van der Waals surface area contributed by atoms with Crippen LogP contribution in [0.5, 0.6) is 0 Å². The number of aromatic nitrogens is 4. The van der Waals surface area contributed by atoms with Gasteiger partial charge in [0.1, 0.15) is 0 Å². The van der Waals surface area contributed by atoms with Gasteiger partial charge in [0.15, 0.2) is 10.8 Å². The Hall–Kier alpha value is -1.40. The van der Waals surface area contributed by atoms with E-state index in [1.54, 1.807) is 23.1 Å². The SMILES string of the molecule is Cc1nc(CSc2nnc3ccccn23)cs1. The molecule has 6 heteroatoms. The monoisotopic (exact) mass is 262 g/mol. The predicted molar refractivity (Wildman–Crippen MR) is 69.4 cm³/mol. The quantitative estimate of drug-likeness (QED) is 0.681. The van der Waals surface area contributed by atoms with Crippen molar-refractivity contribution in [2.75, 3.05) is 0 Å². The van der Waals surface area contributed by atoms with E-state index >= 15 is 0 Å². The van der Waals surface area contributed by atoms with E-state index in [2.05, 4.69) is 20.6 Å². The highest BCUT2D eigenvalue weighted by atomic mass is 32.2. The van der Waals surface area contributed by atoms with Crippen LogP contribution in [0.25, 0.3) is 5.65 Å². The molecule has 0 saturated carbocycles. The van der Waals surface area contributed by atoms with Crippen LogP contribution in [0.3, 0.4) is 0 Å². The zero-order chi connectivity index (χ0) is 11.7. The second-order valence-corrected chi connectivity index (χ2v) is 5.56. The van der Waals surface area contributed by atoms with Gasteiger partial charge in [0, 0.05) is 17.3 Å².